The first-order chi connectivity index (χ1) is 11.4. The second-order valence-electron chi connectivity index (χ2n) is 5.82. The van der Waals surface area contributed by atoms with Crippen molar-refractivity contribution in [1.29, 1.82) is 0 Å². The van der Waals surface area contributed by atoms with Gasteiger partial charge in [0.25, 0.3) is 5.91 Å². The number of amides is 1. The average Bonchev–Trinajstić information content (AvgIpc) is 2.59. The predicted molar refractivity (Wildman–Crippen MR) is 91.9 cm³/mol. The van der Waals surface area contributed by atoms with E-state index in [-0.39, 0.29) is 16.7 Å². The lowest BCUT2D eigenvalue weighted by Crippen LogP contribution is -2.28. The summed E-state index contributed by atoms with van der Waals surface area (Å²) < 4.78 is 27.0. The number of hydrogen-bond acceptors (Lipinski definition) is 4. The third-order valence-electron chi connectivity index (χ3n) is 3.26. The van der Waals surface area contributed by atoms with E-state index in [4.69, 9.17) is 0 Å². The van der Waals surface area contributed by atoms with E-state index in [0.29, 0.717) is 18.7 Å². The smallest absolute Gasteiger partial charge is 0.251 e. The van der Waals surface area contributed by atoms with Crippen LogP contribution in [0.3, 0.4) is 0 Å². The number of sulfonamides is 1. The minimum Gasteiger partial charge on any atom is -0.348 e. The molecule has 0 spiro atoms. The van der Waals surface area contributed by atoms with Crippen LogP contribution >= 0.6 is 0 Å². The molecule has 0 atom stereocenters. The molecule has 0 saturated carbocycles. The topological polar surface area (TPSA) is 88.2 Å². The van der Waals surface area contributed by atoms with Crippen molar-refractivity contribution in [3.8, 4) is 0 Å². The van der Waals surface area contributed by atoms with Gasteiger partial charge in [0.05, 0.1) is 4.90 Å². The van der Waals surface area contributed by atoms with Gasteiger partial charge >= 0.3 is 0 Å². The molecule has 0 saturated heterocycles. The van der Waals surface area contributed by atoms with Crippen LogP contribution in [0.1, 0.15) is 29.8 Å². The fourth-order valence-electron chi connectivity index (χ4n) is 1.95. The first-order valence-electron chi connectivity index (χ1n) is 7.65. The number of carbonyl (C=O) groups excluding carboxylic acids is 1. The summed E-state index contributed by atoms with van der Waals surface area (Å²) in [4.78, 5) is 16.3. The molecule has 128 valence electrons. The van der Waals surface area contributed by atoms with Crippen LogP contribution in [0.2, 0.25) is 0 Å². The van der Waals surface area contributed by atoms with Crippen molar-refractivity contribution in [3.05, 3.63) is 59.9 Å². The molecule has 1 amide bonds. The van der Waals surface area contributed by atoms with Crippen molar-refractivity contribution in [2.24, 2.45) is 5.92 Å². The number of nitrogens with zero attached hydrogens (tertiary/aromatic N) is 1. The highest BCUT2D eigenvalue weighted by Gasteiger charge is 2.16. The van der Waals surface area contributed by atoms with Crippen molar-refractivity contribution in [1.82, 2.24) is 15.0 Å². The maximum atomic E-state index is 12.2. The maximum Gasteiger partial charge on any atom is 0.251 e. The van der Waals surface area contributed by atoms with Gasteiger partial charge in [-0.25, -0.2) is 13.1 Å². The second kappa shape index (κ2) is 8.03. The normalized spacial score (nSPS) is 11.5. The zero-order chi connectivity index (χ0) is 17.6. The van der Waals surface area contributed by atoms with Gasteiger partial charge in [0.1, 0.15) is 0 Å². The van der Waals surface area contributed by atoms with Crippen LogP contribution in [0.15, 0.2) is 53.7 Å². The third kappa shape index (κ3) is 5.14. The van der Waals surface area contributed by atoms with E-state index in [1.807, 2.05) is 19.9 Å². The third-order valence-corrected chi connectivity index (χ3v) is 4.69. The van der Waals surface area contributed by atoms with Crippen LogP contribution in [0, 0.1) is 5.92 Å². The van der Waals surface area contributed by atoms with Crippen molar-refractivity contribution in [3.63, 3.8) is 0 Å². The Hall–Kier alpha value is -2.25. The molecular formula is C17H21N3O3S. The van der Waals surface area contributed by atoms with Crippen LogP contribution in [0.25, 0.3) is 0 Å². The van der Waals surface area contributed by atoms with Crippen LogP contribution in [-0.2, 0) is 16.6 Å². The first kappa shape index (κ1) is 18.1. The fourth-order valence-corrected chi connectivity index (χ4v) is 3.21. The Balaban J connectivity index is 2.07. The predicted octanol–water partition coefficient (Wildman–Crippen LogP) is 1.95. The molecule has 0 aliphatic carbocycles. The van der Waals surface area contributed by atoms with E-state index in [9.17, 15) is 13.2 Å². The Morgan fingerprint density at radius 1 is 1.21 bits per heavy atom. The van der Waals surface area contributed by atoms with E-state index < -0.39 is 10.0 Å². The van der Waals surface area contributed by atoms with Gasteiger partial charge in [0, 0.05) is 31.0 Å². The van der Waals surface area contributed by atoms with Crippen LogP contribution in [0.5, 0.6) is 0 Å². The zero-order valence-electron chi connectivity index (χ0n) is 13.7. The number of aromatic nitrogens is 1. The lowest BCUT2D eigenvalue weighted by atomic mass is 10.2. The summed E-state index contributed by atoms with van der Waals surface area (Å²) in [6, 6.07) is 9.63. The van der Waals surface area contributed by atoms with Crippen molar-refractivity contribution >= 4 is 15.9 Å². The number of benzene rings is 1. The molecule has 0 radical (unpaired) electrons. The summed E-state index contributed by atoms with van der Waals surface area (Å²) in [6.07, 6.45) is 3.32. The Morgan fingerprint density at radius 3 is 2.67 bits per heavy atom. The van der Waals surface area contributed by atoms with E-state index in [2.05, 4.69) is 15.0 Å². The maximum absolute atomic E-state index is 12.2. The quantitative estimate of drug-likeness (QED) is 0.801. The molecule has 0 fully saturated rings. The Bertz CT molecular complexity index is 790. The summed E-state index contributed by atoms with van der Waals surface area (Å²) in [7, 11) is -3.62. The largest absolute Gasteiger partial charge is 0.348 e. The molecule has 24 heavy (non-hydrogen) atoms. The van der Waals surface area contributed by atoms with Crippen LogP contribution < -0.4 is 10.0 Å². The molecule has 0 aliphatic rings. The number of hydrogen-bond donors (Lipinski definition) is 2. The molecule has 0 unspecified atom stereocenters. The molecule has 0 aliphatic heterocycles. The summed E-state index contributed by atoms with van der Waals surface area (Å²) in [5.41, 5.74) is 1.17. The standard InChI is InChI=1S/C17H21N3O3S/c1-13(2)10-20-24(22,23)16-7-3-6-15(9-16)17(21)19-12-14-5-4-8-18-11-14/h3-9,11,13,20H,10,12H2,1-2H3,(H,19,21). The summed E-state index contributed by atoms with van der Waals surface area (Å²) in [6.45, 7) is 4.52. The molecule has 0 bridgehead atoms. The van der Waals surface area contributed by atoms with Gasteiger partial charge in [0.2, 0.25) is 10.0 Å². The summed E-state index contributed by atoms with van der Waals surface area (Å²) >= 11 is 0. The minimum absolute atomic E-state index is 0.0807. The summed E-state index contributed by atoms with van der Waals surface area (Å²) in [5, 5.41) is 2.75. The molecular weight excluding hydrogens is 326 g/mol. The van der Waals surface area contributed by atoms with Gasteiger partial charge in [-0.05, 0) is 35.7 Å². The number of nitrogens with one attached hydrogen (secondary N) is 2. The van der Waals surface area contributed by atoms with Gasteiger partial charge in [-0.3, -0.25) is 9.78 Å². The zero-order valence-corrected chi connectivity index (χ0v) is 14.5. The van der Waals surface area contributed by atoms with Gasteiger partial charge in [-0.15, -0.1) is 0 Å². The number of rotatable bonds is 7. The monoisotopic (exact) mass is 347 g/mol. The highest BCUT2D eigenvalue weighted by atomic mass is 32.2. The number of carbonyl (C=O) groups is 1. The lowest BCUT2D eigenvalue weighted by molar-refractivity contribution is 0.0950. The average molecular weight is 347 g/mol. The molecule has 6 nitrogen and oxygen atoms in total. The van der Waals surface area contributed by atoms with E-state index in [0.717, 1.165) is 5.56 Å². The van der Waals surface area contributed by atoms with Crippen molar-refractivity contribution in [2.75, 3.05) is 6.54 Å². The van der Waals surface area contributed by atoms with E-state index in [1.54, 1.807) is 30.6 Å². The van der Waals surface area contributed by atoms with Crippen LogP contribution in [-0.4, -0.2) is 25.9 Å². The molecule has 2 aromatic rings. The van der Waals surface area contributed by atoms with Gasteiger partial charge in [-0.2, -0.15) is 0 Å². The fraction of sp³-hybridized carbons (Fsp3) is 0.294. The highest BCUT2D eigenvalue weighted by Crippen LogP contribution is 2.12. The Kier molecular flexibility index (Phi) is 6.05. The van der Waals surface area contributed by atoms with Gasteiger partial charge in [-0.1, -0.05) is 26.0 Å². The van der Waals surface area contributed by atoms with Crippen molar-refractivity contribution < 1.29 is 13.2 Å². The number of pyridine rings is 1. The SMILES string of the molecule is CC(C)CNS(=O)(=O)c1cccc(C(=O)NCc2cccnc2)c1. The van der Waals surface area contributed by atoms with Gasteiger partial charge in [0.15, 0.2) is 0 Å². The molecule has 1 aromatic carbocycles. The van der Waals surface area contributed by atoms with Gasteiger partial charge < -0.3 is 5.32 Å². The Morgan fingerprint density at radius 2 is 2.00 bits per heavy atom. The van der Waals surface area contributed by atoms with E-state index >= 15 is 0 Å². The minimum atomic E-state index is -3.62. The van der Waals surface area contributed by atoms with E-state index in [1.165, 1.54) is 12.1 Å². The van der Waals surface area contributed by atoms with Crippen molar-refractivity contribution in [2.45, 2.75) is 25.3 Å². The molecule has 2 N–H and O–H groups in total. The highest BCUT2D eigenvalue weighted by molar-refractivity contribution is 7.89. The Labute approximate surface area is 142 Å². The molecule has 1 aromatic heterocycles. The summed E-state index contributed by atoms with van der Waals surface area (Å²) in [5.74, 6) is -0.134. The molecule has 7 heteroatoms. The lowest BCUT2D eigenvalue weighted by Gasteiger charge is -2.10. The molecule has 1 heterocycles. The molecule has 2 rings (SSSR count). The van der Waals surface area contributed by atoms with Crippen LogP contribution in [0.4, 0.5) is 0 Å². The second-order valence-corrected chi connectivity index (χ2v) is 7.58. The first-order valence-corrected chi connectivity index (χ1v) is 9.13.